The molecule has 3 aromatic rings. The monoisotopic (exact) mass is 333 g/mol. The van der Waals surface area contributed by atoms with Crippen molar-refractivity contribution in [2.24, 2.45) is 0 Å². The largest absolute Gasteiger partial charge is 0.497 e. The fourth-order valence-corrected chi connectivity index (χ4v) is 2.92. The Labute approximate surface area is 149 Å². The van der Waals surface area contributed by atoms with Crippen LogP contribution in [0.3, 0.4) is 0 Å². The van der Waals surface area contributed by atoms with Crippen molar-refractivity contribution in [1.29, 1.82) is 0 Å². The maximum atomic E-state index is 5.24. The van der Waals surface area contributed by atoms with Crippen LogP contribution in [0.2, 0.25) is 0 Å². The summed E-state index contributed by atoms with van der Waals surface area (Å²) in [7, 11) is 3.37. The van der Waals surface area contributed by atoms with Crippen LogP contribution in [0.4, 0.5) is 0 Å². The zero-order valence-electron chi connectivity index (χ0n) is 15.0. The van der Waals surface area contributed by atoms with Gasteiger partial charge in [0.1, 0.15) is 11.5 Å². The van der Waals surface area contributed by atoms with E-state index in [4.69, 9.17) is 9.47 Å². The molecule has 0 fully saturated rings. The summed E-state index contributed by atoms with van der Waals surface area (Å²) in [5, 5.41) is 0. The molecule has 0 spiro atoms. The van der Waals surface area contributed by atoms with Crippen LogP contribution >= 0.6 is 0 Å². The van der Waals surface area contributed by atoms with Gasteiger partial charge >= 0.3 is 0 Å². The van der Waals surface area contributed by atoms with Gasteiger partial charge in [0.05, 0.1) is 14.2 Å². The van der Waals surface area contributed by atoms with Gasteiger partial charge in [-0.15, -0.1) is 0 Å². The molecule has 128 valence electrons. The Morgan fingerprint density at radius 3 is 1.76 bits per heavy atom. The van der Waals surface area contributed by atoms with Crippen LogP contribution in [0, 0.1) is 6.92 Å². The minimum Gasteiger partial charge on any atom is -0.497 e. The number of benzene rings is 2. The van der Waals surface area contributed by atoms with Crippen molar-refractivity contribution in [3.63, 3.8) is 0 Å². The number of hydrogen-bond acceptors (Lipinski definition) is 3. The van der Waals surface area contributed by atoms with Crippen LogP contribution in [-0.4, -0.2) is 19.2 Å². The molecular formula is C22H23NO2. The molecule has 3 rings (SSSR count). The number of nitrogens with zero attached hydrogens (tertiary/aromatic N) is 1. The molecule has 1 aromatic heterocycles. The minimum atomic E-state index is 0.817. The molecule has 0 saturated heterocycles. The van der Waals surface area contributed by atoms with Gasteiger partial charge in [0.15, 0.2) is 0 Å². The maximum Gasteiger partial charge on any atom is 0.118 e. The lowest BCUT2D eigenvalue weighted by Gasteiger charge is -2.13. The SMILES string of the molecule is COc1ccc(Cc2nccc(C)c2Cc2ccc(OC)cc2)cc1. The standard InChI is InChI=1S/C22H23NO2/c1-16-12-13-23-22(15-18-6-10-20(25-3)11-7-18)21(16)14-17-4-8-19(24-2)9-5-17/h4-13H,14-15H2,1-3H3. The zero-order chi connectivity index (χ0) is 17.6. The molecule has 3 heteroatoms. The zero-order valence-corrected chi connectivity index (χ0v) is 15.0. The van der Waals surface area contributed by atoms with Crippen LogP contribution in [0.5, 0.6) is 11.5 Å². The lowest BCUT2D eigenvalue weighted by Crippen LogP contribution is -2.03. The van der Waals surface area contributed by atoms with Gasteiger partial charge in [0.2, 0.25) is 0 Å². The van der Waals surface area contributed by atoms with Crippen molar-refractivity contribution in [3.8, 4) is 11.5 Å². The van der Waals surface area contributed by atoms with E-state index in [9.17, 15) is 0 Å². The molecule has 0 aliphatic carbocycles. The third kappa shape index (κ3) is 4.18. The lowest BCUT2D eigenvalue weighted by molar-refractivity contribution is 0.414. The summed E-state index contributed by atoms with van der Waals surface area (Å²) >= 11 is 0. The highest BCUT2D eigenvalue weighted by Gasteiger charge is 2.09. The molecule has 0 aliphatic heterocycles. The normalized spacial score (nSPS) is 10.5. The molecule has 3 nitrogen and oxygen atoms in total. The highest BCUT2D eigenvalue weighted by Crippen LogP contribution is 2.22. The van der Waals surface area contributed by atoms with E-state index in [1.165, 1.54) is 22.3 Å². The fraction of sp³-hybridized carbons (Fsp3) is 0.227. The smallest absolute Gasteiger partial charge is 0.118 e. The summed E-state index contributed by atoms with van der Waals surface area (Å²) in [6, 6.07) is 18.5. The topological polar surface area (TPSA) is 31.4 Å². The highest BCUT2D eigenvalue weighted by atomic mass is 16.5. The maximum absolute atomic E-state index is 5.24. The summed E-state index contributed by atoms with van der Waals surface area (Å²) in [6.07, 6.45) is 3.58. The highest BCUT2D eigenvalue weighted by molar-refractivity contribution is 5.39. The second-order valence-electron chi connectivity index (χ2n) is 6.10. The Kier molecular flexibility index (Phi) is 5.34. The Bertz CT molecular complexity index is 824. The average Bonchev–Trinajstić information content (AvgIpc) is 2.66. The quantitative estimate of drug-likeness (QED) is 0.661. The molecule has 2 aromatic carbocycles. The van der Waals surface area contributed by atoms with Crippen LogP contribution in [0.1, 0.15) is 27.9 Å². The van der Waals surface area contributed by atoms with E-state index >= 15 is 0 Å². The van der Waals surface area contributed by atoms with Gasteiger partial charge in [-0.1, -0.05) is 24.3 Å². The molecule has 0 saturated carbocycles. The van der Waals surface area contributed by atoms with Crippen molar-refractivity contribution >= 4 is 0 Å². The predicted molar refractivity (Wildman–Crippen MR) is 101 cm³/mol. The molecule has 0 bridgehead atoms. The summed E-state index contributed by atoms with van der Waals surface area (Å²) in [4.78, 5) is 4.65. The number of hydrogen-bond donors (Lipinski definition) is 0. The fourth-order valence-electron chi connectivity index (χ4n) is 2.92. The first-order valence-electron chi connectivity index (χ1n) is 8.39. The lowest BCUT2D eigenvalue weighted by atomic mass is 9.96. The van der Waals surface area contributed by atoms with Crippen LogP contribution < -0.4 is 9.47 Å². The molecule has 0 atom stereocenters. The molecular weight excluding hydrogens is 310 g/mol. The number of methoxy groups -OCH3 is 2. The number of rotatable bonds is 6. The predicted octanol–water partition coefficient (Wildman–Crippen LogP) is 4.59. The third-order valence-corrected chi connectivity index (χ3v) is 4.45. The summed E-state index contributed by atoms with van der Waals surface area (Å²) in [6.45, 7) is 2.15. The summed E-state index contributed by atoms with van der Waals surface area (Å²) in [5.41, 5.74) is 6.18. The number of aryl methyl sites for hydroxylation is 1. The minimum absolute atomic E-state index is 0.817. The van der Waals surface area contributed by atoms with Gasteiger partial charge in [0, 0.05) is 18.3 Å². The van der Waals surface area contributed by atoms with E-state index in [0.29, 0.717) is 0 Å². The van der Waals surface area contributed by atoms with Crippen LogP contribution in [0.15, 0.2) is 60.8 Å². The Balaban J connectivity index is 1.85. The molecule has 0 radical (unpaired) electrons. The average molecular weight is 333 g/mol. The summed E-state index contributed by atoms with van der Waals surface area (Å²) < 4.78 is 10.5. The molecule has 0 aliphatic rings. The Morgan fingerprint density at radius 2 is 1.24 bits per heavy atom. The van der Waals surface area contributed by atoms with Crippen molar-refractivity contribution in [2.75, 3.05) is 14.2 Å². The second kappa shape index (κ2) is 7.84. The van der Waals surface area contributed by atoms with E-state index in [0.717, 1.165) is 30.0 Å². The molecule has 25 heavy (non-hydrogen) atoms. The molecule has 0 unspecified atom stereocenters. The van der Waals surface area contributed by atoms with Crippen molar-refractivity contribution in [3.05, 3.63) is 88.7 Å². The van der Waals surface area contributed by atoms with E-state index in [1.54, 1.807) is 14.2 Å². The van der Waals surface area contributed by atoms with Gasteiger partial charge in [0.25, 0.3) is 0 Å². The molecule has 1 heterocycles. The van der Waals surface area contributed by atoms with Crippen molar-refractivity contribution in [2.45, 2.75) is 19.8 Å². The van der Waals surface area contributed by atoms with Crippen LogP contribution in [-0.2, 0) is 12.8 Å². The number of ether oxygens (including phenoxy) is 2. The van der Waals surface area contributed by atoms with Crippen molar-refractivity contribution < 1.29 is 9.47 Å². The Morgan fingerprint density at radius 1 is 0.720 bits per heavy atom. The first kappa shape index (κ1) is 17.0. The number of pyridine rings is 1. The van der Waals surface area contributed by atoms with E-state index < -0.39 is 0 Å². The summed E-state index contributed by atoms with van der Waals surface area (Å²) in [5.74, 6) is 1.75. The van der Waals surface area contributed by atoms with Gasteiger partial charge in [-0.05, 0) is 65.9 Å². The number of aromatic nitrogens is 1. The van der Waals surface area contributed by atoms with Gasteiger partial charge in [-0.25, -0.2) is 0 Å². The van der Waals surface area contributed by atoms with E-state index in [2.05, 4.69) is 42.2 Å². The second-order valence-corrected chi connectivity index (χ2v) is 6.10. The van der Waals surface area contributed by atoms with Gasteiger partial charge < -0.3 is 9.47 Å². The van der Waals surface area contributed by atoms with E-state index in [1.807, 2.05) is 30.5 Å². The van der Waals surface area contributed by atoms with Gasteiger partial charge in [-0.2, -0.15) is 0 Å². The first-order valence-corrected chi connectivity index (χ1v) is 8.39. The Hall–Kier alpha value is -2.81. The van der Waals surface area contributed by atoms with Gasteiger partial charge in [-0.3, -0.25) is 4.98 Å². The van der Waals surface area contributed by atoms with E-state index in [-0.39, 0.29) is 0 Å². The first-order chi connectivity index (χ1) is 12.2. The molecule has 0 amide bonds. The van der Waals surface area contributed by atoms with Crippen molar-refractivity contribution in [1.82, 2.24) is 4.98 Å². The third-order valence-electron chi connectivity index (χ3n) is 4.45. The molecule has 0 N–H and O–H groups in total. The van der Waals surface area contributed by atoms with Crippen LogP contribution in [0.25, 0.3) is 0 Å².